The molecule has 0 fully saturated rings. The fourth-order valence-corrected chi connectivity index (χ4v) is 2.04. The molecule has 0 aromatic heterocycles. The lowest BCUT2D eigenvalue weighted by Crippen LogP contribution is -2.07. The van der Waals surface area contributed by atoms with E-state index in [1.54, 1.807) is 19.1 Å². The molecule has 19 heavy (non-hydrogen) atoms. The van der Waals surface area contributed by atoms with Crippen LogP contribution in [0.15, 0.2) is 35.8 Å². The summed E-state index contributed by atoms with van der Waals surface area (Å²) in [5, 5.41) is 9.15. The van der Waals surface area contributed by atoms with E-state index in [9.17, 15) is 4.79 Å². The molecule has 0 spiro atoms. The van der Waals surface area contributed by atoms with Crippen LogP contribution in [0.2, 0.25) is 0 Å². The van der Waals surface area contributed by atoms with E-state index in [1.807, 2.05) is 0 Å². The molecule has 102 valence electrons. The molecule has 0 amide bonds. The Bertz CT molecular complexity index is 509. The number of carboxylic acid groups (broad SMARTS) is 1. The lowest BCUT2D eigenvalue weighted by Gasteiger charge is -2.16. The van der Waals surface area contributed by atoms with Gasteiger partial charge in [0.05, 0.1) is 10.0 Å². The van der Waals surface area contributed by atoms with Crippen LogP contribution in [-0.2, 0) is 0 Å². The van der Waals surface area contributed by atoms with Crippen molar-refractivity contribution in [2.75, 3.05) is 13.2 Å². The summed E-state index contributed by atoms with van der Waals surface area (Å²) in [7, 11) is 0. The van der Waals surface area contributed by atoms with Gasteiger partial charge in [0.15, 0.2) is 11.5 Å². The van der Waals surface area contributed by atoms with Crippen molar-refractivity contribution in [2.45, 2.75) is 6.92 Å². The molecule has 1 aromatic rings. The summed E-state index contributed by atoms with van der Waals surface area (Å²) >= 11 is 3.29. The molecule has 0 saturated carbocycles. The van der Waals surface area contributed by atoms with Crippen molar-refractivity contribution in [3.63, 3.8) is 0 Å². The van der Waals surface area contributed by atoms with Crippen molar-refractivity contribution in [2.24, 2.45) is 0 Å². The van der Waals surface area contributed by atoms with E-state index < -0.39 is 5.97 Å². The number of ether oxygens (including phenoxy) is 2. The number of benzene rings is 1. The predicted molar refractivity (Wildman–Crippen MR) is 77.2 cm³/mol. The zero-order valence-corrected chi connectivity index (χ0v) is 12.2. The van der Waals surface area contributed by atoms with E-state index in [4.69, 9.17) is 14.6 Å². The second-order valence-electron chi connectivity index (χ2n) is 3.69. The molecule has 4 nitrogen and oxygen atoms in total. The average molecular weight is 327 g/mol. The molecule has 0 heterocycles. The highest BCUT2D eigenvalue weighted by molar-refractivity contribution is 9.10. The van der Waals surface area contributed by atoms with Crippen molar-refractivity contribution >= 4 is 21.9 Å². The molecule has 1 N–H and O–H groups in total. The Morgan fingerprint density at radius 2 is 1.84 bits per heavy atom. The van der Waals surface area contributed by atoms with E-state index in [0.29, 0.717) is 28.1 Å². The lowest BCUT2D eigenvalue weighted by atomic mass is 10.1. The van der Waals surface area contributed by atoms with Gasteiger partial charge in [-0.15, -0.1) is 0 Å². The van der Waals surface area contributed by atoms with Crippen LogP contribution in [0, 0.1) is 6.92 Å². The van der Waals surface area contributed by atoms with Crippen LogP contribution in [0.3, 0.4) is 0 Å². The minimum Gasteiger partial charge on any atom is -0.485 e. The average Bonchev–Trinajstić information content (AvgIpc) is 2.37. The van der Waals surface area contributed by atoms with Crippen molar-refractivity contribution in [3.8, 4) is 11.5 Å². The van der Waals surface area contributed by atoms with Crippen molar-refractivity contribution in [1.82, 2.24) is 0 Å². The van der Waals surface area contributed by atoms with Crippen molar-refractivity contribution in [3.05, 3.63) is 47.0 Å². The maximum Gasteiger partial charge on any atom is 0.336 e. The zero-order chi connectivity index (χ0) is 14.4. The Balaban J connectivity index is 3.34. The predicted octanol–water partition coefficient (Wildman–Crippen LogP) is 3.59. The number of rotatable bonds is 7. The first kappa shape index (κ1) is 15.3. The number of hydrogen-bond donors (Lipinski definition) is 1. The third kappa shape index (κ3) is 3.61. The standard InChI is InChI=1S/C14H15BrO4/c1-4-6-18-12-9(3)10(14(16)17)8-11(15)13(12)19-7-5-2/h4-5,8H,1-2,6-7H2,3H3,(H,16,17). The molecule has 5 heteroatoms. The van der Waals surface area contributed by atoms with Gasteiger partial charge >= 0.3 is 5.97 Å². The fraction of sp³-hybridized carbons (Fsp3) is 0.214. The SMILES string of the molecule is C=CCOc1c(Br)cc(C(=O)O)c(C)c1OCC=C. The van der Waals surface area contributed by atoms with Gasteiger partial charge in [-0.1, -0.05) is 25.3 Å². The van der Waals surface area contributed by atoms with Gasteiger partial charge in [-0.25, -0.2) is 4.79 Å². The Morgan fingerprint density at radius 1 is 1.32 bits per heavy atom. The number of aromatic carboxylic acids is 1. The molecule has 0 saturated heterocycles. The van der Waals surface area contributed by atoms with E-state index in [0.717, 1.165) is 0 Å². The molecular formula is C14H15BrO4. The summed E-state index contributed by atoms with van der Waals surface area (Å²) in [6.07, 6.45) is 3.18. The summed E-state index contributed by atoms with van der Waals surface area (Å²) in [5.74, 6) is -0.158. The Morgan fingerprint density at radius 3 is 2.32 bits per heavy atom. The van der Waals surface area contributed by atoms with Gasteiger partial charge in [-0.2, -0.15) is 0 Å². The zero-order valence-electron chi connectivity index (χ0n) is 10.6. The number of carbonyl (C=O) groups is 1. The Kier molecular flexibility index (Phi) is 5.63. The van der Waals surface area contributed by atoms with Gasteiger partial charge < -0.3 is 14.6 Å². The minimum atomic E-state index is -1.02. The summed E-state index contributed by atoms with van der Waals surface area (Å²) in [6.45, 7) is 9.38. The highest BCUT2D eigenvalue weighted by Crippen LogP contribution is 2.40. The molecule has 0 unspecified atom stereocenters. The first-order valence-electron chi connectivity index (χ1n) is 5.56. The van der Waals surface area contributed by atoms with Crippen LogP contribution in [-0.4, -0.2) is 24.3 Å². The smallest absolute Gasteiger partial charge is 0.336 e. The van der Waals surface area contributed by atoms with Crippen LogP contribution in [0.25, 0.3) is 0 Å². The molecule has 0 bridgehead atoms. The lowest BCUT2D eigenvalue weighted by molar-refractivity contribution is 0.0695. The van der Waals surface area contributed by atoms with Crippen molar-refractivity contribution in [1.29, 1.82) is 0 Å². The first-order chi connectivity index (χ1) is 9.02. The van der Waals surface area contributed by atoms with Gasteiger partial charge in [0, 0.05) is 5.56 Å². The maximum absolute atomic E-state index is 11.2. The number of hydrogen-bond acceptors (Lipinski definition) is 3. The molecule has 0 aliphatic carbocycles. The second kappa shape index (κ2) is 6.99. The summed E-state index contributed by atoms with van der Waals surface area (Å²) in [6, 6.07) is 1.50. The third-order valence-electron chi connectivity index (χ3n) is 2.36. The van der Waals surface area contributed by atoms with Gasteiger partial charge in [-0.05, 0) is 28.9 Å². The van der Waals surface area contributed by atoms with E-state index in [1.165, 1.54) is 6.07 Å². The second-order valence-corrected chi connectivity index (χ2v) is 4.55. The number of carboxylic acids is 1. The van der Waals surface area contributed by atoms with Gasteiger partial charge in [0.25, 0.3) is 0 Å². The molecule has 0 aliphatic heterocycles. The molecule has 1 aromatic carbocycles. The van der Waals surface area contributed by atoms with Crippen LogP contribution in [0.4, 0.5) is 0 Å². The minimum absolute atomic E-state index is 0.164. The topological polar surface area (TPSA) is 55.8 Å². The normalized spacial score (nSPS) is 9.79. The van der Waals surface area contributed by atoms with Crippen LogP contribution < -0.4 is 9.47 Å². The molecule has 0 aliphatic rings. The van der Waals surface area contributed by atoms with Crippen LogP contribution >= 0.6 is 15.9 Å². The van der Waals surface area contributed by atoms with Crippen LogP contribution in [0.1, 0.15) is 15.9 Å². The molecular weight excluding hydrogens is 312 g/mol. The van der Waals surface area contributed by atoms with Gasteiger partial charge in [0.1, 0.15) is 13.2 Å². The van der Waals surface area contributed by atoms with Gasteiger partial charge in [-0.3, -0.25) is 0 Å². The summed E-state index contributed by atoms with van der Waals surface area (Å²) < 4.78 is 11.6. The summed E-state index contributed by atoms with van der Waals surface area (Å²) in [5.41, 5.74) is 0.675. The quantitative estimate of drug-likeness (QED) is 0.778. The molecule has 0 radical (unpaired) electrons. The molecule has 0 atom stereocenters. The van der Waals surface area contributed by atoms with Gasteiger partial charge in [0.2, 0.25) is 0 Å². The largest absolute Gasteiger partial charge is 0.485 e. The summed E-state index contributed by atoms with van der Waals surface area (Å²) in [4.78, 5) is 11.2. The monoisotopic (exact) mass is 326 g/mol. The van der Waals surface area contributed by atoms with E-state index in [2.05, 4.69) is 29.1 Å². The van der Waals surface area contributed by atoms with E-state index >= 15 is 0 Å². The highest BCUT2D eigenvalue weighted by Gasteiger charge is 2.20. The number of halogens is 1. The molecule has 1 rings (SSSR count). The van der Waals surface area contributed by atoms with Crippen molar-refractivity contribution < 1.29 is 19.4 Å². The van der Waals surface area contributed by atoms with E-state index in [-0.39, 0.29) is 12.2 Å². The highest BCUT2D eigenvalue weighted by atomic mass is 79.9. The fourth-order valence-electron chi connectivity index (χ4n) is 1.52. The first-order valence-corrected chi connectivity index (χ1v) is 6.36. The van der Waals surface area contributed by atoms with Crippen LogP contribution in [0.5, 0.6) is 11.5 Å². The third-order valence-corrected chi connectivity index (χ3v) is 2.95. The Hall–Kier alpha value is -1.75. The maximum atomic E-state index is 11.2. The Labute approximate surface area is 120 Å².